The smallest absolute Gasteiger partial charge is 0.234 e. The zero-order valence-electron chi connectivity index (χ0n) is 10.4. The number of phenols is 2. The van der Waals surface area contributed by atoms with Gasteiger partial charge in [0.1, 0.15) is 11.5 Å². The van der Waals surface area contributed by atoms with Crippen LogP contribution >= 0.6 is 0 Å². The highest BCUT2D eigenvalue weighted by Crippen LogP contribution is 2.24. The van der Waals surface area contributed by atoms with Crippen molar-refractivity contribution < 1.29 is 19.8 Å². The number of phenolic OH excluding ortho intramolecular Hbond substituents is 2. The second kappa shape index (κ2) is 5.27. The van der Waals surface area contributed by atoms with Gasteiger partial charge >= 0.3 is 0 Å². The van der Waals surface area contributed by atoms with Crippen LogP contribution in [0.25, 0.3) is 0 Å². The summed E-state index contributed by atoms with van der Waals surface area (Å²) in [6.07, 6.45) is 1.48. The van der Waals surface area contributed by atoms with Crippen LogP contribution in [0.5, 0.6) is 11.5 Å². The summed E-state index contributed by atoms with van der Waals surface area (Å²) >= 11 is 0. The number of nitrogens with two attached hydrogens (primary N) is 1. The maximum Gasteiger partial charge on any atom is 0.234 e. The average Bonchev–Trinajstić information content (AvgIpc) is 2.76. The van der Waals surface area contributed by atoms with Crippen LogP contribution in [0.15, 0.2) is 18.2 Å². The summed E-state index contributed by atoms with van der Waals surface area (Å²) in [7, 11) is 0. The Kier molecular flexibility index (Phi) is 3.71. The molecule has 0 aliphatic carbocycles. The second-order valence-corrected chi connectivity index (χ2v) is 4.66. The molecule has 6 nitrogen and oxygen atoms in total. The number of likely N-dealkylation sites (tertiary alicyclic amines) is 1. The number of nitrogens with zero attached hydrogens (tertiary/aromatic N) is 1. The molecule has 102 valence electrons. The number of Topliss-reactive ketones (excluding diaryl/α,β-unsaturated/α-hetero) is 1. The van der Waals surface area contributed by atoms with Crippen molar-refractivity contribution in [1.82, 2.24) is 4.90 Å². The van der Waals surface area contributed by atoms with Crippen LogP contribution in [0.1, 0.15) is 23.2 Å². The van der Waals surface area contributed by atoms with E-state index in [1.165, 1.54) is 12.1 Å². The van der Waals surface area contributed by atoms with Crippen molar-refractivity contribution in [3.63, 3.8) is 0 Å². The lowest BCUT2D eigenvalue weighted by Gasteiger charge is -2.20. The van der Waals surface area contributed by atoms with Crippen LogP contribution in [-0.2, 0) is 4.79 Å². The standard InChI is InChI=1S/C13H16N2O4/c14-13(19)10-2-1-5-15(10)7-12(18)9-4-3-8(16)6-11(9)17/h3-4,6,10,16-17H,1-2,5,7H2,(H2,14,19). The highest BCUT2D eigenvalue weighted by molar-refractivity contribution is 6.00. The molecule has 0 aromatic heterocycles. The minimum absolute atomic E-state index is 0.0337. The molecule has 0 radical (unpaired) electrons. The third kappa shape index (κ3) is 2.85. The fourth-order valence-electron chi connectivity index (χ4n) is 2.36. The number of amides is 1. The molecule has 1 saturated heterocycles. The van der Waals surface area contributed by atoms with Gasteiger partial charge in [0.25, 0.3) is 0 Å². The van der Waals surface area contributed by atoms with E-state index in [0.29, 0.717) is 13.0 Å². The lowest BCUT2D eigenvalue weighted by molar-refractivity contribution is -0.122. The Bertz CT molecular complexity index is 515. The van der Waals surface area contributed by atoms with E-state index in [2.05, 4.69) is 0 Å². The zero-order valence-corrected chi connectivity index (χ0v) is 10.4. The van der Waals surface area contributed by atoms with Gasteiger partial charge in [0, 0.05) is 6.07 Å². The van der Waals surface area contributed by atoms with Crippen molar-refractivity contribution in [2.45, 2.75) is 18.9 Å². The van der Waals surface area contributed by atoms with Crippen LogP contribution in [0.2, 0.25) is 0 Å². The molecule has 1 aromatic rings. The first-order valence-electron chi connectivity index (χ1n) is 6.07. The van der Waals surface area contributed by atoms with Gasteiger partial charge in [-0.1, -0.05) is 0 Å². The first-order valence-corrected chi connectivity index (χ1v) is 6.07. The van der Waals surface area contributed by atoms with E-state index in [1.807, 2.05) is 0 Å². The number of rotatable bonds is 4. The summed E-state index contributed by atoms with van der Waals surface area (Å²) in [5.41, 5.74) is 5.41. The molecule has 1 aromatic carbocycles. The summed E-state index contributed by atoms with van der Waals surface area (Å²) in [5, 5.41) is 18.8. The fraction of sp³-hybridized carbons (Fsp3) is 0.385. The maximum atomic E-state index is 12.1. The number of carbonyl (C=O) groups is 2. The zero-order chi connectivity index (χ0) is 14.0. The van der Waals surface area contributed by atoms with Crippen molar-refractivity contribution in [2.75, 3.05) is 13.1 Å². The minimum Gasteiger partial charge on any atom is -0.508 e. The molecule has 6 heteroatoms. The van der Waals surface area contributed by atoms with Gasteiger partial charge in [-0.2, -0.15) is 0 Å². The summed E-state index contributed by atoms with van der Waals surface area (Å²) in [6, 6.07) is 3.40. The molecular formula is C13H16N2O4. The molecule has 1 fully saturated rings. The number of hydrogen-bond acceptors (Lipinski definition) is 5. The lowest BCUT2D eigenvalue weighted by atomic mass is 10.1. The van der Waals surface area contributed by atoms with E-state index in [9.17, 15) is 19.8 Å². The molecule has 1 unspecified atom stereocenters. The van der Waals surface area contributed by atoms with Crippen LogP contribution in [-0.4, -0.2) is 45.9 Å². The Morgan fingerprint density at radius 1 is 1.37 bits per heavy atom. The highest BCUT2D eigenvalue weighted by Gasteiger charge is 2.30. The normalized spacial score (nSPS) is 19.5. The first-order chi connectivity index (χ1) is 8.99. The molecule has 1 heterocycles. The van der Waals surface area contributed by atoms with E-state index in [1.54, 1.807) is 4.90 Å². The van der Waals surface area contributed by atoms with Gasteiger partial charge in [-0.25, -0.2) is 0 Å². The van der Waals surface area contributed by atoms with Crippen molar-refractivity contribution >= 4 is 11.7 Å². The Morgan fingerprint density at radius 2 is 2.11 bits per heavy atom. The van der Waals surface area contributed by atoms with Gasteiger partial charge in [0.05, 0.1) is 18.2 Å². The Hall–Kier alpha value is -2.08. The second-order valence-electron chi connectivity index (χ2n) is 4.66. The van der Waals surface area contributed by atoms with Crippen molar-refractivity contribution in [1.29, 1.82) is 0 Å². The summed E-state index contributed by atoms with van der Waals surface area (Å²) in [6.45, 7) is 0.671. The quantitative estimate of drug-likeness (QED) is 0.675. The monoisotopic (exact) mass is 264 g/mol. The van der Waals surface area contributed by atoms with Crippen LogP contribution in [0.4, 0.5) is 0 Å². The van der Waals surface area contributed by atoms with Gasteiger partial charge < -0.3 is 15.9 Å². The van der Waals surface area contributed by atoms with Gasteiger partial charge in [-0.15, -0.1) is 0 Å². The van der Waals surface area contributed by atoms with Gasteiger partial charge in [0.2, 0.25) is 5.91 Å². The topological polar surface area (TPSA) is 104 Å². The number of aromatic hydroxyl groups is 2. The Morgan fingerprint density at radius 3 is 2.74 bits per heavy atom. The van der Waals surface area contributed by atoms with Gasteiger partial charge in [-0.05, 0) is 31.5 Å². The van der Waals surface area contributed by atoms with Crippen molar-refractivity contribution in [3.8, 4) is 11.5 Å². The number of ketones is 1. The fourth-order valence-corrected chi connectivity index (χ4v) is 2.36. The molecule has 4 N–H and O–H groups in total. The predicted octanol–water partition coefficient (Wildman–Crippen LogP) is 0.230. The number of carbonyl (C=O) groups excluding carboxylic acids is 2. The maximum absolute atomic E-state index is 12.1. The third-order valence-corrected chi connectivity index (χ3v) is 3.32. The SMILES string of the molecule is NC(=O)C1CCCN1CC(=O)c1ccc(O)cc1O. The van der Waals surface area contributed by atoms with E-state index >= 15 is 0 Å². The van der Waals surface area contributed by atoms with Gasteiger partial charge in [0.15, 0.2) is 5.78 Å². The Balaban J connectivity index is 2.10. The van der Waals surface area contributed by atoms with Crippen molar-refractivity contribution in [3.05, 3.63) is 23.8 Å². The minimum atomic E-state index is -0.430. The lowest BCUT2D eigenvalue weighted by Crippen LogP contribution is -2.42. The number of hydrogen-bond donors (Lipinski definition) is 3. The van der Waals surface area contributed by atoms with Gasteiger partial charge in [-0.3, -0.25) is 14.5 Å². The van der Waals surface area contributed by atoms with E-state index in [0.717, 1.165) is 12.5 Å². The molecule has 19 heavy (non-hydrogen) atoms. The summed E-state index contributed by atoms with van der Waals surface area (Å²) in [5.74, 6) is -1.10. The molecule has 2 rings (SSSR count). The highest BCUT2D eigenvalue weighted by atomic mass is 16.3. The van der Waals surface area contributed by atoms with Crippen LogP contribution < -0.4 is 5.73 Å². The number of benzene rings is 1. The molecule has 0 saturated carbocycles. The number of primary amides is 1. The molecule has 1 aliphatic rings. The molecule has 1 aliphatic heterocycles. The van der Waals surface area contributed by atoms with E-state index in [-0.39, 0.29) is 29.4 Å². The molecule has 0 bridgehead atoms. The first kappa shape index (κ1) is 13.4. The Labute approximate surface area is 110 Å². The summed E-state index contributed by atoms with van der Waals surface area (Å²) < 4.78 is 0. The molecule has 0 spiro atoms. The molecular weight excluding hydrogens is 248 g/mol. The van der Waals surface area contributed by atoms with Crippen LogP contribution in [0, 0.1) is 0 Å². The molecule has 1 amide bonds. The van der Waals surface area contributed by atoms with E-state index in [4.69, 9.17) is 5.73 Å². The van der Waals surface area contributed by atoms with Crippen molar-refractivity contribution in [2.24, 2.45) is 5.73 Å². The van der Waals surface area contributed by atoms with E-state index < -0.39 is 11.9 Å². The average molecular weight is 264 g/mol. The predicted molar refractivity (Wildman–Crippen MR) is 67.9 cm³/mol. The summed E-state index contributed by atoms with van der Waals surface area (Å²) in [4.78, 5) is 25.0. The largest absolute Gasteiger partial charge is 0.508 e. The van der Waals surface area contributed by atoms with Crippen LogP contribution in [0.3, 0.4) is 0 Å². The third-order valence-electron chi connectivity index (χ3n) is 3.32. The molecule has 1 atom stereocenters.